The van der Waals surface area contributed by atoms with E-state index in [1.54, 1.807) is 12.1 Å². The quantitative estimate of drug-likeness (QED) is 0.935. The van der Waals surface area contributed by atoms with Gasteiger partial charge < -0.3 is 4.74 Å². The van der Waals surface area contributed by atoms with Crippen LogP contribution in [0.1, 0.15) is 21.6 Å². The molecule has 5 nitrogen and oxygen atoms in total. The van der Waals surface area contributed by atoms with Crippen LogP contribution in [0.2, 0.25) is 0 Å². The van der Waals surface area contributed by atoms with Gasteiger partial charge in [-0.2, -0.15) is 4.98 Å². The maximum atomic E-state index is 12.2. The smallest absolute Gasteiger partial charge is 0.259 e. The maximum absolute atomic E-state index is 12.2. The van der Waals surface area contributed by atoms with Crippen LogP contribution >= 0.6 is 15.9 Å². The molecule has 0 bridgehead atoms. The first-order chi connectivity index (χ1) is 9.51. The number of hydrogen-bond acceptors (Lipinski definition) is 4. The third-order valence-electron chi connectivity index (χ3n) is 2.70. The van der Waals surface area contributed by atoms with Crippen molar-refractivity contribution in [3.8, 4) is 5.88 Å². The summed E-state index contributed by atoms with van der Waals surface area (Å²) in [6.45, 7) is 3.73. The molecule has 0 saturated heterocycles. The molecule has 0 radical (unpaired) electrons. The Labute approximate surface area is 125 Å². The average Bonchev–Trinajstić information content (AvgIpc) is 2.41. The molecule has 0 saturated carbocycles. The molecule has 2 rings (SSSR count). The number of nitrogens with one attached hydrogen (secondary N) is 1. The predicted molar refractivity (Wildman–Crippen MR) is 80.2 cm³/mol. The van der Waals surface area contributed by atoms with Crippen LogP contribution in [0.3, 0.4) is 0 Å². The highest BCUT2D eigenvalue weighted by Crippen LogP contribution is 2.22. The number of carbonyl (C=O) groups excluding carboxylic acids is 1. The average molecular weight is 336 g/mol. The fourth-order valence-corrected chi connectivity index (χ4v) is 2.14. The Balaban J connectivity index is 2.28. The summed E-state index contributed by atoms with van der Waals surface area (Å²) >= 11 is 3.41. The van der Waals surface area contributed by atoms with Gasteiger partial charge in [-0.1, -0.05) is 12.1 Å². The number of anilines is 1. The molecule has 0 aliphatic carbocycles. The molecule has 1 aromatic carbocycles. The van der Waals surface area contributed by atoms with E-state index < -0.39 is 0 Å². The van der Waals surface area contributed by atoms with E-state index in [2.05, 4.69) is 31.2 Å². The number of rotatable bonds is 3. The summed E-state index contributed by atoms with van der Waals surface area (Å²) in [4.78, 5) is 20.5. The van der Waals surface area contributed by atoms with E-state index in [0.717, 1.165) is 15.7 Å². The molecule has 0 aliphatic heterocycles. The van der Waals surface area contributed by atoms with Crippen LogP contribution in [0.15, 0.2) is 28.7 Å². The number of halogens is 1. The number of carbonyl (C=O) groups is 1. The number of ether oxygens (including phenoxy) is 1. The number of benzene rings is 1. The first kappa shape index (κ1) is 14.5. The van der Waals surface area contributed by atoms with Gasteiger partial charge in [0.05, 0.1) is 12.7 Å². The molecular formula is C14H14BrN3O2. The number of aromatic nitrogens is 2. The maximum Gasteiger partial charge on any atom is 0.259 e. The van der Waals surface area contributed by atoms with Crippen LogP contribution in [0.5, 0.6) is 5.88 Å². The van der Waals surface area contributed by atoms with Gasteiger partial charge in [-0.3, -0.25) is 10.1 Å². The van der Waals surface area contributed by atoms with Crippen molar-refractivity contribution in [1.29, 1.82) is 0 Å². The van der Waals surface area contributed by atoms with Gasteiger partial charge in [0.15, 0.2) is 0 Å². The van der Waals surface area contributed by atoms with Crippen molar-refractivity contribution in [2.75, 3.05) is 12.4 Å². The van der Waals surface area contributed by atoms with Gasteiger partial charge in [-0.15, -0.1) is 0 Å². The lowest BCUT2D eigenvalue weighted by atomic mass is 10.1. The molecule has 104 valence electrons. The minimum Gasteiger partial charge on any atom is -0.481 e. The van der Waals surface area contributed by atoms with Gasteiger partial charge in [0.2, 0.25) is 11.8 Å². The lowest BCUT2D eigenvalue weighted by Crippen LogP contribution is -2.15. The van der Waals surface area contributed by atoms with Gasteiger partial charge in [0, 0.05) is 16.2 Å². The zero-order chi connectivity index (χ0) is 14.7. The summed E-state index contributed by atoms with van der Waals surface area (Å²) < 4.78 is 5.82. The molecule has 6 heteroatoms. The van der Waals surface area contributed by atoms with Crippen LogP contribution in [0.25, 0.3) is 0 Å². The molecule has 1 aromatic heterocycles. The molecule has 1 N–H and O–H groups in total. The summed E-state index contributed by atoms with van der Waals surface area (Å²) in [7, 11) is 1.52. The largest absolute Gasteiger partial charge is 0.481 e. The summed E-state index contributed by atoms with van der Waals surface area (Å²) in [5.41, 5.74) is 2.24. The third kappa shape index (κ3) is 3.14. The highest BCUT2D eigenvalue weighted by molar-refractivity contribution is 9.10. The number of nitrogens with zero attached hydrogens (tertiary/aromatic N) is 2. The zero-order valence-electron chi connectivity index (χ0n) is 11.4. The molecule has 0 aliphatic rings. The van der Waals surface area contributed by atoms with Crippen molar-refractivity contribution >= 4 is 27.8 Å². The third-order valence-corrected chi connectivity index (χ3v) is 3.75. The van der Waals surface area contributed by atoms with E-state index in [-0.39, 0.29) is 11.9 Å². The number of methoxy groups -OCH3 is 1. The van der Waals surface area contributed by atoms with Crippen LogP contribution in [-0.4, -0.2) is 23.0 Å². The van der Waals surface area contributed by atoms with Gasteiger partial charge in [-0.25, -0.2) is 4.98 Å². The van der Waals surface area contributed by atoms with E-state index in [1.165, 1.54) is 7.11 Å². The Bertz CT molecular complexity index is 659. The Morgan fingerprint density at radius 2 is 2.05 bits per heavy atom. The fraction of sp³-hybridized carbons (Fsp3) is 0.214. The van der Waals surface area contributed by atoms with Gasteiger partial charge >= 0.3 is 0 Å². The monoisotopic (exact) mass is 335 g/mol. The molecule has 0 atom stereocenters. The van der Waals surface area contributed by atoms with Crippen molar-refractivity contribution in [3.05, 3.63) is 45.6 Å². The van der Waals surface area contributed by atoms with E-state index in [1.807, 2.05) is 26.0 Å². The molecule has 2 aromatic rings. The fourth-order valence-electron chi connectivity index (χ4n) is 1.69. The number of amides is 1. The van der Waals surface area contributed by atoms with E-state index >= 15 is 0 Å². The highest BCUT2D eigenvalue weighted by Gasteiger charge is 2.13. The van der Waals surface area contributed by atoms with Crippen LogP contribution < -0.4 is 10.1 Å². The number of aryl methyl sites for hydroxylation is 2. The molecule has 0 spiro atoms. The van der Waals surface area contributed by atoms with Gasteiger partial charge in [0.1, 0.15) is 0 Å². The highest BCUT2D eigenvalue weighted by atomic mass is 79.9. The topological polar surface area (TPSA) is 64.1 Å². The molecule has 20 heavy (non-hydrogen) atoms. The first-order valence-corrected chi connectivity index (χ1v) is 6.76. The lowest BCUT2D eigenvalue weighted by molar-refractivity contribution is 0.102. The van der Waals surface area contributed by atoms with Crippen molar-refractivity contribution in [2.24, 2.45) is 0 Å². The van der Waals surface area contributed by atoms with Crippen molar-refractivity contribution < 1.29 is 9.53 Å². The van der Waals surface area contributed by atoms with Gasteiger partial charge in [-0.05, 0) is 41.4 Å². The molecule has 0 unspecified atom stereocenters. The van der Waals surface area contributed by atoms with Crippen molar-refractivity contribution in [2.45, 2.75) is 13.8 Å². The summed E-state index contributed by atoms with van der Waals surface area (Å²) in [5.74, 6) is 0.365. The summed E-state index contributed by atoms with van der Waals surface area (Å²) in [6.07, 6.45) is 0. The second-order valence-corrected chi connectivity index (χ2v) is 5.06. The van der Waals surface area contributed by atoms with Crippen molar-refractivity contribution in [1.82, 2.24) is 9.97 Å². The lowest BCUT2D eigenvalue weighted by Gasteiger charge is -2.08. The van der Waals surface area contributed by atoms with Crippen LogP contribution in [0.4, 0.5) is 5.95 Å². The second kappa shape index (κ2) is 6.00. The molecular weight excluding hydrogens is 322 g/mol. The Morgan fingerprint density at radius 1 is 1.30 bits per heavy atom. The SMILES string of the molecule is COc1cc(C)nc(NC(=O)c2cccc(C)c2Br)n1. The Hall–Kier alpha value is -1.95. The summed E-state index contributed by atoms with van der Waals surface area (Å²) in [6, 6.07) is 7.18. The summed E-state index contributed by atoms with van der Waals surface area (Å²) in [5, 5.41) is 2.67. The normalized spacial score (nSPS) is 10.2. The van der Waals surface area contributed by atoms with E-state index in [0.29, 0.717) is 11.4 Å². The molecule has 1 heterocycles. The minimum absolute atomic E-state index is 0.222. The van der Waals surface area contributed by atoms with Crippen LogP contribution in [0, 0.1) is 13.8 Å². The predicted octanol–water partition coefficient (Wildman–Crippen LogP) is 3.12. The van der Waals surface area contributed by atoms with Crippen LogP contribution in [-0.2, 0) is 0 Å². The minimum atomic E-state index is -0.270. The molecule has 1 amide bonds. The first-order valence-electron chi connectivity index (χ1n) is 5.97. The second-order valence-electron chi connectivity index (χ2n) is 4.27. The van der Waals surface area contributed by atoms with Crippen molar-refractivity contribution in [3.63, 3.8) is 0 Å². The zero-order valence-corrected chi connectivity index (χ0v) is 13.0. The molecule has 0 fully saturated rings. The Morgan fingerprint density at radius 3 is 2.75 bits per heavy atom. The van der Waals surface area contributed by atoms with Gasteiger partial charge in [0.25, 0.3) is 5.91 Å². The Kier molecular flexibility index (Phi) is 4.34. The standard InChI is InChI=1S/C14H14BrN3O2/c1-8-5-4-6-10(12(8)15)13(19)18-14-16-9(2)7-11(17-14)20-3/h4-7H,1-3H3,(H,16,17,18,19). The van der Waals surface area contributed by atoms with E-state index in [4.69, 9.17) is 4.74 Å². The van der Waals surface area contributed by atoms with E-state index in [9.17, 15) is 4.79 Å². The number of hydrogen-bond donors (Lipinski definition) is 1.